The standard InChI is InChI=1S/C19H25N3O4S/c1-3-15-9-6-7-11-22(15)18(23)13-27(24,25)12-17-20-19(21-26-17)16-10-5-4-8-14(16)2/h4-5,8,10,15H,3,6-7,9,11-13H2,1-2H3/t15-/m0/s1. The van der Waals surface area contributed by atoms with Gasteiger partial charge in [-0.2, -0.15) is 4.98 Å². The number of amides is 1. The number of hydrogen-bond donors (Lipinski definition) is 0. The number of aryl methyl sites for hydroxylation is 1. The van der Waals surface area contributed by atoms with Crippen molar-refractivity contribution in [1.82, 2.24) is 15.0 Å². The molecule has 2 aromatic rings. The first-order valence-electron chi connectivity index (χ1n) is 9.28. The minimum absolute atomic E-state index is 0.00624. The molecule has 1 amide bonds. The first-order valence-corrected chi connectivity index (χ1v) is 11.1. The third-order valence-electron chi connectivity index (χ3n) is 4.96. The smallest absolute Gasteiger partial charge is 0.242 e. The summed E-state index contributed by atoms with van der Waals surface area (Å²) in [5.74, 6) is -0.924. The Morgan fingerprint density at radius 2 is 2.07 bits per heavy atom. The second kappa shape index (κ2) is 8.21. The van der Waals surface area contributed by atoms with Crippen LogP contribution in [0.15, 0.2) is 28.8 Å². The van der Waals surface area contributed by atoms with Gasteiger partial charge in [-0.25, -0.2) is 8.42 Å². The number of aromatic nitrogens is 2. The molecule has 27 heavy (non-hydrogen) atoms. The number of rotatable bonds is 6. The van der Waals surface area contributed by atoms with Crippen LogP contribution < -0.4 is 0 Å². The summed E-state index contributed by atoms with van der Waals surface area (Å²) in [6.07, 6.45) is 3.78. The van der Waals surface area contributed by atoms with Crippen molar-refractivity contribution in [2.75, 3.05) is 12.3 Å². The molecule has 7 nitrogen and oxygen atoms in total. The van der Waals surface area contributed by atoms with E-state index in [0.29, 0.717) is 12.4 Å². The molecule has 1 aliphatic heterocycles. The van der Waals surface area contributed by atoms with E-state index < -0.39 is 21.3 Å². The summed E-state index contributed by atoms with van der Waals surface area (Å²) in [6, 6.07) is 7.67. The Kier molecular flexibility index (Phi) is 5.94. The fourth-order valence-corrected chi connectivity index (χ4v) is 4.65. The lowest BCUT2D eigenvalue weighted by Gasteiger charge is -2.35. The lowest BCUT2D eigenvalue weighted by molar-refractivity contribution is -0.132. The highest BCUT2D eigenvalue weighted by Crippen LogP contribution is 2.22. The third-order valence-corrected chi connectivity index (χ3v) is 6.33. The first-order chi connectivity index (χ1) is 12.9. The van der Waals surface area contributed by atoms with Gasteiger partial charge in [-0.05, 0) is 38.2 Å². The maximum atomic E-state index is 12.5. The van der Waals surface area contributed by atoms with Crippen molar-refractivity contribution in [3.05, 3.63) is 35.7 Å². The summed E-state index contributed by atoms with van der Waals surface area (Å²) >= 11 is 0. The maximum Gasteiger partial charge on any atom is 0.242 e. The van der Waals surface area contributed by atoms with Crippen molar-refractivity contribution in [2.24, 2.45) is 0 Å². The van der Waals surface area contributed by atoms with Crippen LogP contribution in [0.25, 0.3) is 11.4 Å². The fraction of sp³-hybridized carbons (Fsp3) is 0.526. The average Bonchev–Trinajstić information content (AvgIpc) is 3.09. The van der Waals surface area contributed by atoms with Crippen molar-refractivity contribution < 1.29 is 17.7 Å². The van der Waals surface area contributed by atoms with Crippen molar-refractivity contribution in [3.63, 3.8) is 0 Å². The zero-order valence-corrected chi connectivity index (χ0v) is 16.5. The predicted molar refractivity (Wildman–Crippen MR) is 102 cm³/mol. The van der Waals surface area contributed by atoms with Crippen LogP contribution in [0.2, 0.25) is 0 Å². The van der Waals surface area contributed by atoms with E-state index in [1.54, 1.807) is 4.90 Å². The van der Waals surface area contributed by atoms with Gasteiger partial charge < -0.3 is 9.42 Å². The molecule has 0 unspecified atom stereocenters. The second-order valence-electron chi connectivity index (χ2n) is 7.00. The number of likely N-dealkylation sites (tertiary alicyclic amines) is 1. The molecule has 0 bridgehead atoms. The molecule has 0 N–H and O–H groups in total. The van der Waals surface area contributed by atoms with E-state index in [-0.39, 0.29) is 17.8 Å². The van der Waals surface area contributed by atoms with Gasteiger partial charge in [0.1, 0.15) is 11.5 Å². The average molecular weight is 391 g/mol. The number of nitrogens with zero attached hydrogens (tertiary/aromatic N) is 3. The molecule has 3 rings (SSSR count). The zero-order valence-electron chi connectivity index (χ0n) is 15.7. The van der Waals surface area contributed by atoms with E-state index in [4.69, 9.17) is 4.52 Å². The molecule has 0 aliphatic carbocycles. The lowest BCUT2D eigenvalue weighted by Crippen LogP contribution is -2.45. The highest BCUT2D eigenvalue weighted by atomic mass is 32.2. The summed E-state index contributed by atoms with van der Waals surface area (Å²) < 4.78 is 30.1. The summed E-state index contributed by atoms with van der Waals surface area (Å²) in [5.41, 5.74) is 1.76. The summed E-state index contributed by atoms with van der Waals surface area (Å²) in [5, 5.41) is 3.88. The van der Waals surface area contributed by atoms with Crippen LogP contribution in [0, 0.1) is 6.92 Å². The molecule has 8 heteroatoms. The quantitative estimate of drug-likeness (QED) is 0.752. The normalized spacial score (nSPS) is 17.9. The first kappa shape index (κ1) is 19.5. The molecular weight excluding hydrogens is 366 g/mol. The summed E-state index contributed by atoms with van der Waals surface area (Å²) in [4.78, 5) is 18.4. The Morgan fingerprint density at radius 3 is 2.81 bits per heavy atom. The molecule has 1 fully saturated rings. The van der Waals surface area contributed by atoms with Crippen LogP contribution in [-0.2, 0) is 20.4 Å². The Labute approximate surface area is 159 Å². The van der Waals surface area contributed by atoms with E-state index >= 15 is 0 Å². The van der Waals surface area contributed by atoms with Crippen LogP contribution in [0.3, 0.4) is 0 Å². The van der Waals surface area contributed by atoms with E-state index in [1.165, 1.54) is 0 Å². The molecule has 1 atom stereocenters. The summed E-state index contributed by atoms with van der Waals surface area (Å²) in [7, 11) is -3.68. The van der Waals surface area contributed by atoms with Gasteiger partial charge in [0, 0.05) is 18.2 Å². The Hall–Kier alpha value is -2.22. The topological polar surface area (TPSA) is 93.4 Å². The van der Waals surface area contributed by atoms with Crippen LogP contribution >= 0.6 is 0 Å². The molecule has 1 aromatic heterocycles. The van der Waals surface area contributed by atoms with Gasteiger partial charge in [-0.1, -0.05) is 36.3 Å². The monoisotopic (exact) mass is 391 g/mol. The van der Waals surface area contributed by atoms with Gasteiger partial charge >= 0.3 is 0 Å². The van der Waals surface area contributed by atoms with Gasteiger partial charge in [0.2, 0.25) is 17.6 Å². The molecular formula is C19H25N3O4S. The van der Waals surface area contributed by atoms with Crippen LogP contribution in [0.5, 0.6) is 0 Å². The Balaban J connectivity index is 1.68. The van der Waals surface area contributed by atoms with Crippen LogP contribution in [0.4, 0.5) is 0 Å². The Bertz CT molecular complexity index is 907. The van der Waals surface area contributed by atoms with E-state index in [2.05, 4.69) is 10.1 Å². The molecule has 1 aromatic carbocycles. The van der Waals surface area contributed by atoms with Gasteiger partial charge in [0.05, 0.1) is 0 Å². The maximum absolute atomic E-state index is 12.5. The molecule has 0 saturated carbocycles. The largest absolute Gasteiger partial charge is 0.339 e. The SMILES string of the molecule is CC[C@H]1CCCCN1C(=O)CS(=O)(=O)Cc1nc(-c2ccccc2C)no1. The molecule has 2 heterocycles. The molecule has 1 saturated heterocycles. The number of hydrogen-bond acceptors (Lipinski definition) is 6. The zero-order chi connectivity index (χ0) is 19.4. The lowest BCUT2D eigenvalue weighted by atomic mass is 10.0. The van der Waals surface area contributed by atoms with Crippen LogP contribution in [0.1, 0.15) is 44.1 Å². The van der Waals surface area contributed by atoms with Crippen molar-refractivity contribution in [2.45, 2.75) is 51.3 Å². The molecule has 146 valence electrons. The number of sulfone groups is 1. The highest BCUT2D eigenvalue weighted by molar-refractivity contribution is 7.91. The van der Waals surface area contributed by atoms with Crippen LogP contribution in [-0.4, -0.2) is 47.7 Å². The van der Waals surface area contributed by atoms with Gasteiger partial charge in [0.15, 0.2) is 9.84 Å². The van der Waals surface area contributed by atoms with Gasteiger partial charge in [0.25, 0.3) is 0 Å². The number of piperidine rings is 1. The summed E-state index contributed by atoms with van der Waals surface area (Å²) in [6.45, 7) is 4.57. The fourth-order valence-electron chi connectivity index (χ4n) is 3.51. The van der Waals surface area contributed by atoms with Crippen molar-refractivity contribution in [1.29, 1.82) is 0 Å². The highest BCUT2D eigenvalue weighted by Gasteiger charge is 2.29. The number of benzene rings is 1. The molecule has 1 aliphatic rings. The van der Waals surface area contributed by atoms with Gasteiger partial charge in [-0.15, -0.1) is 0 Å². The van der Waals surface area contributed by atoms with Crippen molar-refractivity contribution >= 4 is 15.7 Å². The molecule has 0 radical (unpaired) electrons. The minimum atomic E-state index is -3.68. The third kappa shape index (κ3) is 4.74. The number of carbonyl (C=O) groups excluding carboxylic acids is 1. The van der Waals surface area contributed by atoms with Crippen molar-refractivity contribution in [3.8, 4) is 11.4 Å². The van der Waals surface area contributed by atoms with E-state index in [9.17, 15) is 13.2 Å². The minimum Gasteiger partial charge on any atom is -0.339 e. The second-order valence-corrected chi connectivity index (χ2v) is 9.07. The Morgan fingerprint density at radius 1 is 1.30 bits per heavy atom. The van der Waals surface area contributed by atoms with Gasteiger partial charge in [-0.3, -0.25) is 4.79 Å². The van der Waals surface area contributed by atoms with E-state index in [1.807, 2.05) is 38.1 Å². The number of carbonyl (C=O) groups is 1. The molecule has 0 spiro atoms. The predicted octanol–water partition coefficient (Wildman–Crippen LogP) is 2.75. The van der Waals surface area contributed by atoms with E-state index in [0.717, 1.165) is 36.8 Å².